The molecule has 0 N–H and O–H groups in total. The van der Waals surface area contributed by atoms with Gasteiger partial charge >= 0.3 is 0 Å². The molecule has 4 nitrogen and oxygen atoms in total. The van der Waals surface area contributed by atoms with E-state index in [4.69, 9.17) is 0 Å². The quantitative estimate of drug-likeness (QED) is 0.640. The normalized spacial score (nSPS) is 22.7. The first-order valence-corrected chi connectivity index (χ1v) is 9.15. The van der Waals surface area contributed by atoms with Crippen molar-refractivity contribution >= 4 is 39.2 Å². The van der Waals surface area contributed by atoms with Crippen LogP contribution in [-0.2, 0) is 4.79 Å². The van der Waals surface area contributed by atoms with E-state index < -0.39 is 0 Å². The monoisotopic (exact) mass is 321 g/mol. The predicted octanol–water partition coefficient (Wildman–Crippen LogP) is 3.57. The van der Waals surface area contributed by atoms with Crippen molar-refractivity contribution < 1.29 is 4.79 Å². The molecular formula is C15H19N3OS2. The number of aromatic nitrogens is 2. The van der Waals surface area contributed by atoms with Crippen molar-refractivity contribution in [2.24, 2.45) is 0 Å². The highest BCUT2D eigenvalue weighted by Crippen LogP contribution is 2.29. The van der Waals surface area contributed by atoms with E-state index in [9.17, 15) is 4.79 Å². The third-order valence-electron chi connectivity index (χ3n) is 4.04. The molecule has 1 aliphatic heterocycles. The van der Waals surface area contributed by atoms with E-state index >= 15 is 0 Å². The topological polar surface area (TPSA) is 46.1 Å². The lowest BCUT2D eigenvalue weighted by Crippen LogP contribution is -2.48. The molecule has 2 unspecified atom stereocenters. The molecule has 21 heavy (non-hydrogen) atoms. The van der Waals surface area contributed by atoms with Gasteiger partial charge in [-0.3, -0.25) is 4.79 Å². The van der Waals surface area contributed by atoms with E-state index in [1.54, 1.807) is 17.7 Å². The van der Waals surface area contributed by atoms with E-state index in [0.717, 1.165) is 28.1 Å². The number of nitrogens with zero attached hydrogens (tertiary/aromatic N) is 3. The van der Waals surface area contributed by atoms with Crippen LogP contribution in [0.4, 0.5) is 0 Å². The fourth-order valence-corrected chi connectivity index (χ4v) is 4.65. The maximum absolute atomic E-state index is 12.5. The van der Waals surface area contributed by atoms with Crippen LogP contribution in [0.25, 0.3) is 10.2 Å². The van der Waals surface area contributed by atoms with Crippen LogP contribution in [0, 0.1) is 0 Å². The maximum Gasteiger partial charge on any atom is 0.233 e. The second kappa shape index (κ2) is 6.32. The zero-order valence-corrected chi connectivity index (χ0v) is 13.9. The summed E-state index contributed by atoms with van der Waals surface area (Å²) < 4.78 is 0. The summed E-state index contributed by atoms with van der Waals surface area (Å²) in [6, 6.07) is 2.74. The number of thioether (sulfide) groups is 1. The molecule has 6 heteroatoms. The van der Waals surface area contributed by atoms with Gasteiger partial charge in [-0.1, -0.05) is 11.8 Å². The van der Waals surface area contributed by atoms with Crippen LogP contribution < -0.4 is 0 Å². The molecule has 2 atom stereocenters. The van der Waals surface area contributed by atoms with Gasteiger partial charge in [-0.2, -0.15) is 0 Å². The number of carbonyl (C=O) groups excluding carboxylic acids is 1. The second-order valence-electron chi connectivity index (χ2n) is 5.54. The lowest BCUT2D eigenvalue weighted by Gasteiger charge is -2.39. The first-order chi connectivity index (χ1) is 10.2. The van der Waals surface area contributed by atoms with Gasteiger partial charge in [-0.05, 0) is 44.6 Å². The number of fused-ring (bicyclic) bond motifs is 1. The Balaban J connectivity index is 1.69. The number of rotatable bonds is 3. The molecule has 0 saturated carbocycles. The summed E-state index contributed by atoms with van der Waals surface area (Å²) in [5.41, 5.74) is 0. The average Bonchev–Trinajstić information content (AvgIpc) is 2.93. The van der Waals surface area contributed by atoms with Gasteiger partial charge in [0.2, 0.25) is 5.91 Å². The van der Waals surface area contributed by atoms with E-state index in [-0.39, 0.29) is 5.91 Å². The molecule has 1 aliphatic rings. The number of thiophene rings is 1. The largest absolute Gasteiger partial charge is 0.337 e. The van der Waals surface area contributed by atoms with Gasteiger partial charge in [0, 0.05) is 17.5 Å². The van der Waals surface area contributed by atoms with Crippen molar-refractivity contribution in [2.75, 3.05) is 5.75 Å². The molecule has 1 fully saturated rings. The minimum atomic E-state index is 0.224. The summed E-state index contributed by atoms with van der Waals surface area (Å²) in [4.78, 5) is 24.1. The molecule has 0 aliphatic carbocycles. The van der Waals surface area contributed by atoms with Crippen molar-refractivity contribution in [3.05, 3.63) is 17.8 Å². The van der Waals surface area contributed by atoms with Crippen molar-refractivity contribution in [2.45, 2.75) is 50.2 Å². The van der Waals surface area contributed by atoms with Crippen molar-refractivity contribution in [1.82, 2.24) is 14.9 Å². The van der Waals surface area contributed by atoms with Gasteiger partial charge < -0.3 is 4.90 Å². The Morgan fingerprint density at radius 3 is 2.90 bits per heavy atom. The Morgan fingerprint density at radius 2 is 2.14 bits per heavy atom. The summed E-state index contributed by atoms with van der Waals surface area (Å²) in [7, 11) is 0. The van der Waals surface area contributed by atoms with Crippen LogP contribution in [0.3, 0.4) is 0 Å². The minimum absolute atomic E-state index is 0.224. The second-order valence-corrected chi connectivity index (χ2v) is 7.40. The highest BCUT2D eigenvalue weighted by Gasteiger charge is 2.28. The van der Waals surface area contributed by atoms with Gasteiger partial charge in [0.25, 0.3) is 0 Å². The third-order valence-corrected chi connectivity index (χ3v) is 5.85. The molecular weight excluding hydrogens is 302 g/mol. The summed E-state index contributed by atoms with van der Waals surface area (Å²) >= 11 is 3.13. The van der Waals surface area contributed by atoms with Crippen molar-refractivity contribution in [1.29, 1.82) is 0 Å². The Labute approximate surface area is 133 Å². The maximum atomic E-state index is 12.5. The van der Waals surface area contributed by atoms with Gasteiger partial charge in [0.1, 0.15) is 16.2 Å². The standard InChI is InChI=1S/C15H19N3OS2/c1-10-4-3-5-11(2)18(10)13(19)8-21-15-12-6-7-20-14(12)16-9-17-15/h6-7,9-11H,3-5,8H2,1-2H3. The Bertz CT molecular complexity index is 633. The van der Waals surface area contributed by atoms with Crippen molar-refractivity contribution in [3.63, 3.8) is 0 Å². The number of amides is 1. The Kier molecular flexibility index (Phi) is 4.45. The van der Waals surface area contributed by atoms with Crippen LogP contribution >= 0.6 is 23.1 Å². The van der Waals surface area contributed by atoms with E-state index in [2.05, 4.69) is 28.7 Å². The number of piperidine rings is 1. The van der Waals surface area contributed by atoms with Gasteiger partial charge in [0.15, 0.2) is 0 Å². The van der Waals surface area contributed by atoms with Crippen LogP contribution in [0.5, 0.6) is 0 Å². The number of hydrogen-bond acceptors (Lipinski definition) is 5. The summed E-state index contributed by atoms with van der Waals surface area (Å²) in [6.07, 6.45) is 5.03. The zero-order chi connectivity index (χ0) is 14.8. The minimum Gasteiger partial charge on any atom is -0.337 e. The first-order valence-electron chi connectivity index (χ1n) is 7.29. The molecule has 0 radical (unpaired) electrons. The fourth-order valence-electron chi connectivity index (χ4n) is 3.00. The highest BCUT2D eigenvalue weighted by molar-refractivity contribution is 8.00. The SMILES string of the molecule is CC1CCCC(C)N1C(=O)CSc1ncnc2sccc12. The Hall–Kier alpha value is -1.14. The summed E-state index contributed by atoms with van der Waals surface area (Å²) in [5.74, 6) is 0.679. The Morgan fingerprint density at radius 1 is 1.38 bits per heavy atom. The molecule has 3 heterocycles. The van der Waals surface area contributed by atoms with Crippen molar-refractivity contribution in [3.8, 4) is 0 Å². The molecule has 0 spiro atoms. The molecule has 2 aromatic rings. The van der Waals surface area contributed by atoms with E-state index in [1.165, 1.54) is 18.2 Å². The molecule has 1 saturated heterocycles. The molecule has 112 valence electrons. The number of hydrogen-bond donors (Lipinski definition) is 0. The van der Waals surface area contributed by atoms with Crippen LogP contribution in [0.15, 0.2) is 22.8 Å². The lowest BCUT2D eigenvalue weighted by molar-refractivity contribution is -0.134. The van der Waals surface area contributed by atoms with E-state index in [1.807, 2.05) is 11.4 Å². The first kappa shape index (κ1) is 14.8. The molecule has 1 amide bonds. The van der Waals surface area contributed by atoms with Gasteiger partial charge in [0.05, 0.1) is 5.75 Å². The third kappa shape index (κ3) is 3.06. The van der Waals surface area contributed by atoms with Crippen LogP contribution in [0.2, 0.25) is 0 Å². The highest BCUT2D eigenvalue weighted by atomic mass is 32.2. The molecule has 0 aromatic carbocycles. The van der Waals surface area contributed by atoms with Crippen LogP contribution in [-0.4, -0.2) is 38.6 Å². The smallest absolute Gasteiger partial charge is 0.233 e. The van der Waals surface area contributed by atoms with Crippen LogP contribution in [0.1, 0.15) is 33.1 Å². The van der Waals surface area contributed by atoms with Gasteiger partial charge in [-0.25, -0.2) is 9.97 Å². The zero-order valence-electron chi connectivity index (χ0n) is 12.3. The molecule has 2 aromatic heterocycles. The number of likely N-dealkylation sites (tertiary alicyclic amines) is 1. The number of carbonyl (C=O) groups is 1. The van der Waals surface area contributed by atoms with E-state index in [0.29, 0.717) is 17.8 Å². The average molecular weight is 321 g/mol. The molecule has 0 bridgehead atoms. The summed E-state index contributed by atoms with van der Waals surface area (Å²) in [6.45, 7) is 4.31. The fraction of sp³-hybridized carbons (Fsp3) is 0.533. The predicted molar refractivity (Wildman–Crippen MR) is 87.8 cm³/mol. The lowest BCUT2D eigenvalue weighted by atomic mass is 9.98. The van der Waals surface area contributed by atoms with Gasteiger partial charge in [-0.15, -0.1) is 11.3 Å². The summed E-state index contributed by atoms with van der Waals surface area (Å²) in [5, 5.41) is 3.98. The molecule has 3 rings (SSSR count).